The number of ketones is 1. The van der Waals surface area contributed by atoms with Gasteiger partial charge >= 0.3 is 0 Å². The molecule has 0 heterocycles. The van der Waals surface area contributed by atoms with Gasteiger partial charge in [-0.15, -0.1) is 0 Å². The molecule has 22 heavy (non-hydrogen) atoms. The van der Waals surface area contributed by atoms with Crippen LogP contribution in [0.3, 0.4) is 0 Å². The summed E-state index contributed by atoms with van der Waals surface area (Å²) in [6.07, 6.45) is 0. The third-order valence-electron chi connectivity index (χ3n) is 2.74. The minimum absolute atomic E-state index is 0.0233. The lowest BCUT2D eigenvalue weighted by Crippen LogP contribution is -2.23. The third kappa shape index (κ3) is 3.56. The summed E-state index contributed by atoms with van der Waals surface area (Å²) in [5.41, 5.74) is 2.81. The summed E-state index contributed by atoms with van der Waals surface area (Å²) < 4.78 is 37.6. The zero-order valence-corrected chi connectivity index (χ0v) is 12.5. The van der Waals surface area contributed by atoms with Crippen LogP contribution in [0.1, 0.15) is 6.92 Å². The zero-order valence-electron chi connectivity index (χ0n) is 11.7. The maximum atomic E-state index is 12.8. The Hall–Kier alpha value is -2.54. The molecule has 0 atom stereocenters. The molecule has 1 N–H and O–H groups in total. The van der Waals surface area contributed by atoms with E-state index in [2.05, 4.69) is 10.5 Å². The highest BCUT2D eigenvalue weighted by atomic mass is 32.2. The highest BCUT2D eigenvalue weighted by Gasteiger charge is 2.26. The van der Waals surface area contributed by atoms with Crippen molar-refractivity contribution in [2.45, 2.75) is 11.8 Å². The molecule has 0 saturated heterocycles. The fraction of sp³-hybridized carbons (Fsp3) is 0.0667. The molecule has 2 rings (SSSR count). The van der Waals surface area contributed by atoms with E-state index < -0.39 is 26.5 Å². The second-order valence-electron chi connectivity index (χ2n) is 4.41. The molecule has 0 radical (unpaired) electrons. The molecule has 2 aromatic carbocycles. The van der Waals surface area contributed by atoms with Crippen molar-refractivity contribution in [3.05, 3.63) is 60.4 Å². The molecule has 114 valence electrons. The first-order valence-corrected chi connectivity index (χ1v) is 7.80. The number of rotatable bonds is 4. The van der Waals surface area contributed by atoms with E-state index in [1.165, 1.54) is 36.4 Å². The molecule has 5 nitrogen and oxygen atoms in total. The molecule has 0 amide bonds. The molecular weight excluding hydrogens is 307 g/mol. The second-order valence-corrected chi connectivity index (χ2v) is 6.27. The van der Waals surface area contributed by atoms with Crippen LogP contribution >= 0.6 is 0 Å². The van der Waals surface area contributed by atoms with Gasteiger partial charge in [0.1, 0.15) is 5.82 Å². The Morgan fingerprint density at radius 2 is 1.64 bits per heavy atom. The summed E-state index contributed by atoms with van der Waals surface area (Å²) in [5, 5.41) is 3.07. The smallest absolute Gasteiger partial charge is 0.229 e. The number of hydrogen-bond acceptors (Lipinski definition) is 5. The zero-order chi connectivity index (χ0) is 16.2. The molecule has 0 saturated carbocycles. The first kappa shape index (κ1) is 15.8. The van der Waals surface area contributed by atoms with Crippen LogP contribution in [0.5, 0.6) is 0 Å². The van der Waals surface area contributed by atoms with Crippen molar-refractivity contribution in [3.8, 4) is 0 Å². The topological polar surface area (TPSA) is 75.6 Å². The van der Waals surface area contributed by atoms with Crippen LogP contribution in [-0.2, 0) is 14.6 Å². The van der Waals surface area contributed by atoms with Gasteiger partial charge in [0.25, 0.3) is 0 Å². The quantitative estimate of drug-likeness (QED) is 0.534. The number of nitrogens with zero attached hydrogens (tertiary/aromatic N) is 1. The number of halogens is 1. The highest BCUT2D eigenvalue weighted by molar-refractivity contribution is 8.08. The van der Waals surface area contributed by atoms with Crippen LogP contribution in [0.4, 0.5) is 10.1 Å². The Morgan fingerprint density at radius 3 is 2.18 bits per heavy atom. The number of anilines is 1. The van der Waals surface area contributed by atoms with Crippen molar-refractivity contribution >= 4 is 26.4 Å². The lowest BCUT2D eigenvalue weighted by atomic mass is 10.3. The van der Waals surface area contributed by atoms with Crippen LogP contribution < -0.4 is 5.43 Å². The van der Waals surface area contributed by atoms with Gasteiger partial charge in [-0.05, 0) is 36.4 Å². The van der Waals surface area contributed by atoms with E-state index in [1.54, 1.807) is 18.2 Å². The van der Waals surface area contributed by atoms with Gasteiger partial charge in [0, 0.05) is 6.92 Å². The van der Waals surface area contributed by atoms with E-state index in [0.717, 1.165) is 6.92 Å². The van der Waals surface area contributed by atoms with E-state index in [9.17, 15) is 17.6 Å². The van der Waals surface area contributed by atoms with E-state index in [0.29, 0.717) is 5.69 Å². The van der Waals surface area contributed by atoms with Crippen molar-refractivity contribution < 1.29 is 17.6 Å². The summed E-state index contributed by atoms with van der Waals surface area (Å²) in [4.78, 5) is 11.6. The number of hydrazone groups is 1. The number of nitrogens with one attached hydrogen (secondary N) is 1. The van der Waals surface area contributed by atoms with E-state index in [-0.39, 0.29) is 4.90 Å². The molecule has 0 aliphatic carbocycles. The van der Waals surface area contributed by atoms with Gasteiger partial charge < -0.3 is 0 Å². The molecule has 0 aliphatic rings. The van der Waals surface area contributed by atoms with E-state index in [1.807, 2.05) is 0 Å². The maximum absolute atomic E-state index is 12.8. The average molecular weight is 320 g/mol. The third-order valence-corrected chi connectivity index (χ3v) is 4.52. The summed E-state index contributed by atoms with van der Waals surface area (Å²) in [6.45, 7) is 1.12. The average Bonchev–Trinajstić information content (AvgIpc) is 2.50. The Balaban J connectivity index is 2.36. The summed E-state index contributed by atoms with van der Waals surface area (Å²) in [7, 11) is -4.01. The van der Waals surface area contributed by atoms with Gasteiger partial charge in [-0.3, -0.25) is 10.2 Å². The number of carbonyl (C=O) groups is 1. The van der Waals surface area contributed by atoms with Crippen LogP contribution in [-0.4, -0.2) is 19.2 Å². The summed E-state index contributed by atoms with van der Waals surface area (Å²) in [6, 6.07) is 12.7. The normalized spacial score (nSPS) is 12.0. The highest BCUT2D eigenvalue weighted by Crippen LogP contribution is 2.14. The molecule has 0 aliphatic heterocycles. The molecule has 0 unspecified atom stereocenters. The second kappa shape index (κ2) is 6.48. The first-order chi connectivity index (χ1) is 10.4. The first-order valence-electron chi connectivity index (χ1n) is 6.31. The predicted octanol–water partition coefficient (Wildman–Crippen LogP) is 2.61. The number of hydrogen-bond donors (Lipinski definition) is 1. The fourth-order valence-electron chi connectivity index (χ4n) is 1.68. The SMILES string of the molecule is CC(=O)C(=NNc1ccc(F)cc1)S(=O)(=O)c1ccccc1. The lowest BCUT2D eigenvalue weighted by molar-refractivity contribution is -0.110. The summed E-state index contributed by atoms with van der Waals surface area (Å²) >= 11 is 0. The minimum Gasteiger partial charge on any atom is -0.292 e. The Labute approximate surface area is 127 Å². The number of sulfone groups is 1. The van der Waals surface area contributed by atoms with Crippen molar-refractivity contribution in [2.75, 3.05) is 5.43 Å². The van der Waals surface area contributed by atoms with Crippen LogP contribution in [0.2, 0.25) is 0 Å². The standard InChI is InChI=1S/C15H13FN2O3S/c1-11(19)15(18-17-13-9-7-12(16)8-10-13)22(20,21)14-5-3-2-4-6-14/h2-10,17H,1H3. The molecule has 0 spiro atoms. The van der Waals surface area contributed by atoms with Crippen LogP contribution in [0, 0.1) is 5.82 Å². The van der Waals surface area contributed by atoms with E-state index in [4.69, 9.17) is 0 Å². The van der Waals surface area contributed by atoms with Gasteiger partial charge in [0.15, 0.2) is 5.78 Å². The molecule has 7 heteroatoms. The van der Waals surface area contributed by atoms with Crippen molar-refractivity contribution in [3.63, 3.8) is 0 Å². The van der Waals surface area contributed by atoms with Gasteiger partial charge in [-0.25, -0.2) is 12.8 Å². The van der Waals surface area contributed by atoms with Crippen molar-refractivity contribution in [1.29, 1.82) is 0 Å². The van der Waals surface area contributed by atoms with Crippen LogP contribution in [0.25, 0.3) is 0 Å². The summed E-state index contributed by atoms with van der Waals surface area (Å²) in [5.74, 6) is -1.13. The maximum Gasteiger partial charge on any atom is 0.229 e. The monoisotopic (exact) mass is 320 g/mol. The van der Waals surface area contributed by atoms with E-state index >= 15 is 0 Å². The molecule has 0 bridgehead atoms. The number of carbonyl (C=O) groups excluding carboxylic acids is 1. The number of Topliss-reactive ketones (excluding diaryl/α,β-unsaturated/α-hetero) is 1. The Morgan fingerprint density at radius 1 is 1.05 bits per heavy atom. The molecule has 2 aromatic rings. The predicted molar refractivity (Wildman–Crippen MR) is 81.8 cm³/mol. The largest absolute Gasteiger partial charge is 0.292 e. The lowest BCUT2D eigenvalue weighted by Gasteiger charge is -2.06. The van der Waals surface area contributed by atoms with Crippen molar-refractivity contribution in [2.24, 2.45) is 5.10 Å². The van der Waals surface area contributed by atoms with Gasteiger partial charge in [0.05, 0.1) is 10.6 Å². The fourth-order valence-corrected chi connectivity index (χ4v) is 2.96. The Kier molecular flexibility index (Phi) is 4.67. The van der Waals surface area contributed by atoms with Crippen LogP contribution in [0.15, 0.2) is 64.6 Å². The van der Waals surface area contributed by atoms with Crippen molar-refractivity contribution in [1.82, 2.24) is 0 Å². The molecule has 0 aromatic heterocycles. The minimum atomic E-state index is -4.01. The number of benzene rings is 2. The molecular formula is C15H13FN2O3S. The van der Waals surface area contributed by atoms with Gasteiger partial charge in [0.2, 0.25) is 14.9 Å². The molecule has 0 fully saturated rings. The van der Waals surface area contributed by atoms with Gasteiger partial charge in [-0.1, -0.05) is 18.2 Å². The van der Waals surface area contributed by atoms with Gasteiger partial charge in [-0.2, -0.15) is 5.10 Å². The Bertz CT molecular complexity index is 800.